The van der Waals surface area contributed by atoms with Gasteiger partial charge in [-0.15, -0.1) is 0 Å². The van der Waals surface area contributed by atoms with Gasteiger partial charge in [-0.2, -0.15) is 0 Å². The van der Waals surface area contributed by atoms with Crippen molar-refractivity contribution >= 4 is 17.7 Å². The van der Waals surface area contributed by atoms with Gasteiger partial charge in [0.15, 0.2) is 0 Å². The van der Waals surface area contributed by atoms with Gasteiger partial charge in [0.2, 0.25) is 0 Å². The molecule has 2 aliphatic rings. The molecule has 0 amide bonds. The van der Waals surface area contributed by atoms with Crippen LogP contribution >= 0.6 is 11.8 Å². The maximum Gasteiger partial charge on any atom is 0.323 e. The highest BCUT2D eigenvalue weighted by molar-refractivity contribution is 7.99. The van der Waals surface area contributed by atoms with Crippen LogP contribution < -0.4 is 5.32 Å². The monoisotopic (exact) mass is 363 g/mol. The maximum atomic E-state index is 11.4. The van der Waals surface area contributed by atoms with Gasteiger partial charge >= 0.3 is 5.97 Å². The summed E-state index contributed by atoms with van der Waals surface area (Å²) >= 11 is 1.71. The van der Waals surface area contributed by atoms with Crippen LogP contribution in [0.15, 0.2) is 29.2 Å². The Hall–Kier alpha value is -1.04. The molecule has 1 saturated heterocycles. The Morgan fingerprint density at radius 1 is 1.24 bits per heavy atom. The molecule has 2 unspecified atom stereocenters. The van der Waals surface area contributed by atoms with Crippen LogP contribution in [-0.4, -0.2) is 35.7 Å². The number of thioether (sulfide) groups is 1. The lowest BCUT2D eigenvalue weighted by atomic mass is 9.84. The minimum absolute atomic E-state index is 0.0238. The molecule has 25 heavy (non-hydrogen) atoms. The molecule has 5 heteroatoms. The Balaban J connectivity index is 1.58. The SMILES string of the molecule is CNC(C(=O)O)[C@@H]1OC(Sc2ccc(C3CCCCC3)cc2)C[C@H]1C. The van der Waals surface area contributed by atoms with E-state index in [1.54, 1.807) is 18.8 Å². The van der Waals surface area contributed by atoms with E-state index in [9.17, 15) is 9.90 Å². The number of nitrogens with one attached hydrogen (secondary N) is 1. The van der Waals surface area contributed by atoms with Gasteiger partial charge in [-0.05, 0) is 55.8 Å². The van der Waals surface area contributed by atoms with E-state index in [1.165, 1.54) is 42.6 Å². The van der Waals surface area contributed by atoms with Gasteiger partial charge in [0.05, 0.1) is 6.10 Å². The number of benzene rings is 1. The summed E-state index contributed by atoms with van der Waals surface area (Å²) in [6.45, 7) is 2.07. The highest BCUT2D eigenvalue weighted by atomic mass is 32.2. The molecule has 2 N–H and O–H groups in total. The second kappa shape index (κ2) is 8.56. The molecule has 1 saturated carbocycles. The Kier molecular flexibility index (Phi) is 6.42. The summed E-state index contributed by atoms with van der Waals surface area (Å²) < 4.78 is 6.06. The molecule has 0 spiro atoms. The van der Waals surface area contributed by atoms with Gasteiger partial charge in [0.1, 0.15) is 11.5 Å². The number of likely N-dealkylation sites (N-methyl/N-ethyl adjacent to an activating group) is 1. The van der Waals surface area contributed by atoms with Crippen LogP contribution in [0.3, 0.4) is 0 Å². The molecule has 1 aliphatic heterocycles. The molecule has 1 aromatic carbocycles. The van der Waals surface area contributed by atoms with E-state index in [-0.39, 0.29) is 17.5 Å². The zero-order valence-corrected chi connectivity index (χ0v) is 15.9. The second-order valence-corrected chi connectivity index (χ2v) is 8.60. The summed E-state index contributed by atoms with van der Waals surface area (Å²) in [7, 11) is 1.68. The van der Waals surface area contributed by atoms with Gasteiger partial charge in [-0.3, -0.25) is 4.79 Å². The van der Waals surface area contributed by atoms with Gasteiger partial charge in [0, 0.05) is 4.90 Å². The molecule has 1 aromatic rings. The molecule has 0 bridgehead atoms. The summed E-state index contributed by atoms with van der Waals surface area (Å²) in [6, 6.07) is 8.28. The summed E-state index contributed by atoms with van der Waals surface area (Å²) in [6.07, 6.45) is 7.33. The molecule has 2 fully saturated rings. The van der Waals surface area contributed by atoms with Crippen LogP contribution in [0.2, 0.25) is 0 Å². The van der Waals surface area contributed by atoms with Crippen LogP contribution in [0.25, 0.3) is 0 Å². The Labute approximate surface area is 154 Å². The highest BCUT2D eigenvalue weighted by Crippen LogP contribution is 2.39. The van der Waals surface area contributed by atoms with E-state index in [0.717, 1.165) is 12.3 Å². The van der Waals surface area contributed by atoms with Crippen LogP contribution in [0.5, 0.6) is 0 Å². The molecule has 138 valence electrons. The number of carboxylic acids is 1. The lowest BCUT2D eigenvalue weighted by molar-refractivity contribution is -0.143. The highest BCUT2D eigenvalue weighted by Gasteiger charge is 2.40. The van der Waals surface area contributed by atoms with Crippen molar-refractivity contribution in [2.45, 2.75) is 73.8 Å². The average molecular weight is 364 g/mol. The number of ether oxygens (including phenoxy) is 1. The van der Waals surface area contributed by atoms with Crippen molar-refractivity contribution < 1.29 is 14.6 Å². The number of carboxylic acid groups (broad SMARTS) is 1. The zero-order valence-electron chi connectivity index (χ0n) is 15.1. The quantitative estimate of drug-likeness (QED) is 0.791. The van der Waals surface area contributed by atoms with Crippen LogP contribution in [0.4, 0.5) is 0 Å². The minimum Gasteiger partial charge on any atom is -0.480 e. The normalized spacial score (nSPS) is 28.8. The molecule has 3 rings (SSSR count). The fourth-order valence-electron chi connectivity index (χ4n) is 4.12. The molecule has 4 atom stereocenters. The van der Waals surface area contributed by atoms with Crippen LogP contribution in [0, 0.1) is 5.92 Å². The van der Waals surface area contributed by atoms with Crippen molar-refractivity contribution in [1.29, 1.82) is 0 Å². The zero-order chi connectivity index (χ0) is 17.8. The van der Waals surface area contributed by atoms with Crippen LogP contribution in [-0.2, 0) is 9.53 Å². The van der Waals surface area contributed by atoms with E-state index >= 15 is 0 Å². The smallest absolute Gasteiger partial charge is 0.323 e. The van der Waals surface area contributed by atoms with E-state index in [1.807, 2.05) is 0 Å². The van der Waals surface area contributed by atoms with E-state index < -0.39 is 12.0 Å². The van der Waals surface area contributed by atoms with E-state index in [0.29, 0.717) is 0 Å². The van der Waals surface area contributed by atoms with E-state index in [4.69, 9.17) is 4.74 Å². The molecule has 1 aliphatic carbocycles. The number of aliphatic carboxylic acids is 1. The third-order valence-electron chi connectivity index (χ3n) is 5.56. The second-order valence-electron chi connectivity index (χ2n) is 7.37. The first kappa shape index (κ1) is 18.7. The van der Waals surface area contributed by atoms with Gasteiger partial charge in [0.25, 0.3) is 0 Å². The molecule has 0 radical (unpaired) electrons. The molecule has 1 heterocycles. The number of hydrogen-bond acceptors (Lipinski definition) is 4. The van der Waals surface area contributed by atoms with Crippen molar-refractivity contribution in [3.63, 3.8) is 0 Å². The topological polar surface area (TPSA) is 58.6 Å². The first-order chi connectivity index (χ1) is 12.1. The summed E-state index contributed by atoms with van der Waals surface area (Å²) in [5.41, 5.74) is 1.49. The largest absolute Gasteiger partial charge is 0.480 e. The fraction of sp³-hybridized carbons (Fsp3) is 0.650. The molecule has 0 aromatic heterocycles. The Morgan fingerprint density at radius 2 is 1.92 bits per heavy atom. The predicted octanol–water partition coefficient (Wildman–Crippen LogP) is 4.25. The Morgan fingerprint density at radius 3 is 2.52 bits per heavy atom. The van der Waals surface area contributed by atoms with Crippen molar-refractivity contribution in [1.82, 2.24) is 5.32 Å². The van der Waals surface area contributed by atoms with E-state index in [2.05, 4.69) is 36.5 Å². The van der Waals surface area contributed by atoms with Crippen molar-refractivity contribution in [3.05, 3.63) is 29.8 Å². The summed E-state index contributed by atoms with van der Waals surface area (Å²) in [4.78, 5) is 12.6. The fourth-order valence-corrected chi connectivity index (χ4v) is 5.30. The average Bonchev–Trinajstić information content (AvgIpc) is 2.97. The minimum atomic E-state index is -0.846. The predicted molar refractivity (Wildman–Crippen MR) is 101 cm³/mol. The van der Waals surface area contributed by atoms with Crippen molar-refractivity contribution in [3.8, 4) is 0 Å². The lowest BCUT2D eigenvalue weighted by Gasteiger charge is -2.23. The number of carbonyl (C=O) groups is 1. The summed E-state index contributed by atoms with van der Waals surface area (Å²) in [5.74, 6) is 0.112. The number of rotatable bonds is 6. The first-order valence-electron chi connectivity index (χ1n) is 9.40. The van der Waals surface area contributed by atoms with Gasteiger partial charge in [-0.1, -0.05) is 50.1 Å². The van der Waals surface area contributed by atoms with Crippen LogP contribution in [0.1, 0.15) is 56.9 Å². The summed E-state index contributed by atoms with van der Waals surface area (Å²) in [5, 5.41) is 12.2. The third kappa shape index (κ3) is 4.57. The molecule has 4 nitrogen and oxygen atoms in total. The Bertz CT molecular complexity index is 571. The molecular weight excluding hydrogens is 334 g/mol. The van der Waals surface area contributed by atoms with Crippen molar-refractivity contribution in [2.24, 2.45) is 5.92 Å². The third-order valence-corrected chi connectivity index (χ3v) is 6.67. The standard InChI is InChI=1S/C20H29NO3S/c1-13-12-17(24-19(13)18(21-2)20(22)23)25-16-10-8-15(9-11-16)14-6-4-3-5-7-14/h8-11,13-14,17-19,21H,3-7,12H2,1-2H3,(H,22,23)/t13-,17?,18?,19-/m1/s1. The first-order valence-corrected chi connectivity index (χ1v) is 10.3. The number of hydrogen-bond donors (Lipinski definition) is 2. The maximum absolute atomic E-state index is 11.4. The van der Waals surface area contributed by atoms with Gasteiger partial charge in [-0.25, -0.2) is 0 Å². The van der Waals surface area contributed by atoms with Crippen molar-refractivity contribution in [2.75, 3.05) is 7.05 Å². The van der Waals surface area contributed by atoms with Gasteiger partial charge < -0.3 is 15.2 Å². The lowest BCUT2D eigenvalue weighted by Crippen LogP contribution is -2.46. The molecular formula is C20H29NO3S.